The highest BCUT2D eigenvalue weighted by molar-refractivity contribution is 4.95. The third-order valence-electron chi connectivity index (χ3n) is 4.10. The smallest absolute Gasteiger partial charge is 0.0848 e. The summed E-state index contributed by atoms with van der Waals surface area (Å²) < 4.78 is 11.0. The van der Waals surface area contributed by atoms with E-state index in [9.17, 15) is 0 Å². The molecule has 4 unspecified atom stereocenters. The van der Waals surface area contributed by atoms with E-state index in [1.807, 2.05) is 0 Å². The van der Waals surface area contributed by atoms with Crippen LogP contribution in [0.3, 0.4) is 0 Å². The summed E-state index contributed by atoms with van der Waals surface area (Å²) in [7, 11) is 3.52. The quantitative estimate of drug-likeness (QED) is 0.768. The first-order valence-corrected chi connectivity index (χ1v) is 6.31. The van der Waals surface area contributed by atoms with Crippen molar-refractivity contribution in [3.8, 4) is 0 Å². The molecule has 1 saturated heterocycles. The van der Waals surface area contributed by atoms with Gasteiger partial charge in [-0.1, -0.05) is 0 Å². The molecule has 16 heavy (non-hydrogen) atoms. The SMILES string of the molecule is COC1CC(N)C(N2CCCC2)CC1OC. The molecule has 4 nitrogen and oxygen atoms in total. The standard InChI is InChI=1S/C12H24N2O2/c1-15-11-7-9(13)10(8-12(11)16-2)14-5-3-4-6-14/h9-12H,3-8,13H2,1-2H3. The van der Waals surface area contributed by atoms with Crippen LogP contribution in [-0.2, 0) is 9.47 Å². The Labute approximate surface area is 98.1 Å². The summed E-state index contributed by atoms with van der Waals surface area (Å²) in [6.07, 6.45) is 4.92. The fraction of sp³-hybridized carbons (Fsp3) is 1.00. The van der Waals surface area contributed by atoms with Gasteiger partial charge in [-0.05, 0) is 38.8 Å². The molecular formula is C12H24N2O2. The summed E-state index contributed by atoms with van der Waals surface area (Å²) in [5, 5.41) is 0. The topological polar surface area (TPSA) is 47.7 Å². The largest absolute Gasteiger partial charge is 0.379 e. The maximum atomic E-state index is 6.26. The average Bonchev–Trinajstić information content (AvgIpc) is 2.82. The van der Waals surface area contributed by atoms with E-state index in [1.165, 1.54) is 25.9 Å². The van der Waals surface area contributed by atoms with Gasteiger partial charge in [-0.2, -0.15) is 0 Å². The summed E-state index contributed by atoms with van der Waals surface area (Å²) in [6, 6.07) is 0.716. The van der Waals surface area contributed by atoms with E-state index in [0.717, 1.165) is 12.8 Å². The van der Waals surface area contributed by atoms with E-state index in [4.69, 9.17) is 15.2 Å². The Morgan fingerprint density at radius 3 is 2.12 bits per heavy atom. The fourth-order valence-corrected chi connectivity index (χ4v) is 3.13. The van der Waals surface area contributed by atoms with E-state index >= 15 is 0 Å². The minimum Gasteiger partial charge on any atom is -0.379 e. The third kappa shape index (κ3) is 2.40. The minimum atomic E-state index is 0.166. The Kier molecular flexibility index (Phi) is 4.19. The Balaban J connectivity index is 1.98. The van der Waals surface area contributed by atoms with Crippen LogP contribution in [0.15, 0.2) is 0 Å². The van der Waals surface area contributed by atoms with Crippen molar-refractivity contribution in [1.82, 2.24) is 4.90 Å². The first kappa shape index (κ1) is 12.3. The van der Waals surface area contributed by atoms with Crippen LogP contribution in [0.1, 0.15) is 25.7 Å². The van der Waals surface area contributed by atoms with Crippen molar-refractivity contribution < 1.29 is 9.47 Å². The molecular weight excluding hydrogens is 204 g/mol. The van der Waals surface area contributed by atoms with Gasteiger partial charge >= 0.3 is 0 Å². The first-order chi connectivity index (χ1) is 7.76. The van der Waals surface area contributed by atoms with Gasteiger partial charge < -0.3 is 15.2 Å². The second kappa shape index (κ2) is 5.45. The van der Waals surface area contributed by atoms with Crippen molar-refractivity contribution in [2.45, 2.75) is 50.0 Å². The van der Waals surface area contributed by atoms with Gasteiger partial charge in [-0.3, -0.25) is 4.90 Å². The van der Waals surface area contributed by atoms with Crippen LogP contribution in [0, 0.1) is 0 Å². The molecule has 0 amide bonds. The predicted molar refractivity (Wildman–Crippen MR) is 63.4 cm³/mol. The van der Waals surface area contributed by atoms with Crippen LogP contribution in [-0.4, -0.2) is 56.5 Å². The number of hydrogen-bond donors (Lipinski definition) is 1. The molecule has 94 valence electrons. The molecule has 1 aliphatic heterocycles. The third-order valence-corrected chi connectivity index (χ3v) is 4.10. The van der Waals surface area contributed by atoms with Crippen molar-refractivity contribution in [3.05, 3.63) is 0 Å². The number of methoxy groups -OCH3 is 2. The molecule has 0 spiro atoms. The van der Waals surface area contributed by atoms with Gasteiger partial charge in [-0.15, -0.1) is 0 Å². The molecule has 4 heteroatoms. The highest BCUT2D eigenvalue weighted by Crippen LogP contribution is 2.28. The highest BCUT2D eigenvalue weighted by atomic mass is 16.5. The van der Waals surface area contributed by atoms with E-state index < -0.39 is 0 Å². The lowest BCUT2D eigenvalue weighted by Crippen LogP contribution is -2.56. The van der Waals surface area contributed by atoms with Gasteiger partial charge in [-0.25, -0.2) is 0 Å². The molecule has 0 aromatic rings. The number of nitrogens with zero attached hydrogens (tertiary/aromatic N) is 1. The van der Waals surface area contributed by atoms with Gasteiger partial charge in [0.25, 0.3) is 0 Å². The van der Waals surface area contributed by atoms with E-state index in [2.05, 4.69) is 4.90 Å². The minimum absolute atomic E-state index is 0.166. The van der Waals surface area contributed by atoms with Crippen LogP contribution >= 0.6 is 0 Å². The average molecular weight is 228 g/mol. The summed E-state index contributed by atoms with van der Waals surface area (Å²) >= 11 is 0. The Hall–Kier alpha value is -0.160. The number of nitrogens with two attached hydrogens (primary N) is 1. The fourth-order valence-electron chi connectivity index (χ4n) is 3.13. The number of ether oxygens (including phenoxy) is 2. The number of hydrogen-bond acceptors (Lipinski definition) is 4. The highest BCUT2D eigenvalue weighted by Gasteiger charge is 2.39. The maximum Gasteiger partial charge on any atom is 0.0848 e. The molecule has 2 N–H and O–H groups in total. The second-order valence-corrected chi connectivity index (χ2v) is 4.99. The summed E-state index contributed by atoms with van der Waals surface area (Å²) in [4.78, 5) is 2.53. The lowest BCUT2D eigenvalue weighted by molar-refractivity contribution is -0.0810. The summed E-state index contributed by atoms with van der Waals surface area (Å²) in [6.45, 7) is 2.40. The second-order valence-electron chi connectivity index (χ2n) is 4.99. The first-order valence-electron chi connectivity index (χ1n) is 6.31. The van der Waals surface area contributed by atoms with Gasteiger partial charge in [0, 0.05) is 26.3 Å². The molecule has 0 aromatic heterocycles. The predicted octanol–water partition coefficient (Wildman–Crippen LogP) is 0.602. The van der Waals surface area contributed by atoms with Crippen molar-refractivity contribution in [2.75, 3.05) is 27.3 Å². The summed E-state index contributed by atoms with van der Waals surface area (Å²) in [5.41, 5.74) is 6.26. The molecule has 1 heterocycles. The van der Waals surface area contributed by atoms with Gasteiger partial charge in [0.1, 0.15) is 0 Å². The van der Waals surface area contributed by atoms with Gasteiger partial charge in [0.15, 0.2) is 0 Å². The molecule has 2 aliphatic rings. The van der Waals surface area contributed by atoms with Crippen LogP contribution in [0.25, 0.3) is 0 Å². The van der Waals surface area contributed by atoms with E-state index in [1.54, 1.807) is 14.2 Å². The van der Waals surface area contributed by atoms with Crippen molar-refractivity contribution >= 4 is 0 Å². The Bertz CT molecular complexity index is 219. The van der Waals surface area contributed by atoms with Gasteiger partial charge in [0.2, 0.25) is 0 Å². The van der Waals surface area contributed by atoms with Crippen molar-refractivity contribution in [3.63, 3.8) is 0 Å². The molecule has 1 saturated carbocycles. The lowest BCUT2D eigenvalue weighted by Gasteiger charge is -2.42. The zero-order valence-corrected chi connectivity index (χ0v) is 10.4. The zero-order chi connectivity index (χ0) is 11.5. The zero-order valence-electron chi connectivity index (χ0n) is 10.4. The lowest BCUT2D eigenvalue weighted by atomic mass is 9.85. The maximum absolute atomic E-state index is 6.26. The molecule has 0 radical (unpaired) electrons. The van der Waals surface area contributed by atoms with E-state index in [0.29, 0.717) is 6.04 Å². The molecule has 4 atom stereocenters. The van der Waals surface area contributed by atoms with Crippen molar-refractivity contribution in [2.24, 2.45) is 5.73 Å². The molecule has 2 rings (SSSR count). The van der Waals surface area contributed by atoms with Crippen LogP contribution in [0.5, 0.6) is 0 Å². The van der Waals surface area contributed by atoms with E-state index in [-0.39, 0.29) is 18.2 Å². The molecule has 1 aliphatic carbocycles. The Morgan fingerprint density at radius 1 is 1.00 bits per heavy atom. The number of likely N-dealkylation sites (tertiary alicyclic amines) is 1. The summed E-state index contributed by atoms with van der Waals surface area (Å²) in [5.74, 6) is 0. The van der Waals surface area contributed by atoms with Crippen LogP contribution < -0.4 is 5.73 Å². The normalized spacial score (nSPS) is 41.4. The monoisotopic (exact) mass is 228 g/mol. The van der Waals surface area contributed by atoms with Crippen molar-refractivity contribution in [1.29, 1.82) is 0 Å². The molecule has 0 aromatic carbocycles. The van der Waals surface area contributed by atoms with Gasteiger partial charge in [0.05, 0.1) is 12.2 Å². The molecule has 0 bridgehead atoms. The number of rotatable bonds is 3. The van der Waals surface area contributed by atoms with Crippen LogP contribution in [0.2, 0.25) is 0 Å². The van der Waals surface area contributed by atoms with Crippen LogP contribution in [0.4, 0.5) is 0 Å². The molecule has 2 fully saturated rings. The Morgan fingerprint density at radius 2 is 1.56 bits per heavy atom.